The molecule has 1 heterocycles. The van der Waals surface area contributed by atoms with Crippen molar-refractivity contribution in [2.45, 2.75) is 57.7 Å². The van der Waals surface area contributed by atoms with E-state index in [4.69, 9.17) is 11.1 Å². The summed E-state index contributed by atoms with van der Waals surface area (Å²) in [6.45, 7) is 4.64. The molecule has 2 rings (SSSR count). The summed E-state index contributed by atoms with van der Waals surface area (Å²) in [7, 11) is 0. The van der Waals surface area contributed by atoms with E-state index < -0.39 is 12.1 Å². The first-order valence-corrected chi connectivity index (χ1v) is 9.45. The van der Waals surface area contributed by atoms with E-state index in [1.54, 1.807) is 0 Å². The molecule has 3 atom stereocenters. The highest BCUT2D eigenvalue weighted by atomic mass is 16.2. The van der Waals surface area contributed by atoms with Gasteiger partial charge in [0.1, 0.15) is 12.1 Å². The third-order valence-electron chi connectivity index (χ3n) is 5.02. The Balaban J connectivity index is 1.96. The Hall–Kier alpha value is -2.43. The zero-order valence-corrected chi connectivity index (χ0v) is 16.0. The number of hydrogen-bond donors (Lipinski definition) is 3. The van der Waals surface area contributed by atoms with Crippen LogP contribution in [0.3, 0.4) is 0 Å². The summed E-state index contributed by atoms with van der Waals surface area (Å²) in [5.74, 6) is 5.26. The molecule has 1 unspecified atom stereocenters. The molecule has 0 bridgehead atoms. The highest BCUT2D eigenvalue weighted by Crippen LogP contribution is 2.18. The normalized spacial score (nSPS) is 18.8. The van der Waals surface area contributed by atoms with Crippen LogP contribution in [0.15, 0.2) is 30.3 Å². The Morgan fingerprint density at radius 2 is 2.04 bits per heavy atom. The van der Waals surface area contributed by atoms with Crippen molar-refractivity contribution < 1.29 is 9.59 Å². The molecule has 0 saturated carbocycles. The zero-order chi connectivity index (χ0) is 19.8. The van der Waals surface area contributed by atoms with Crippen LogP contribution in [-0.4, -0.2) is 41.4 Å². The maximum atomic E-state index is 12.6. The number of nitrogens with one attached hydrogen (secondary N) is 2. The fourth-order valence-electron chi connectivity index (χ4n) is 3.35. The van der Waals surface area contributed by atoms with E-state index in [2.05, 4.69) is 30.7 Å². The van der Waals surface area contributed by atoms with Crippen LogP contribution in [-0.2, 0) is 16.0 Å². The highest BCUT2D eigenvalue weighted by molar-refractivity contribution is 5.89. The van der Waals surface area contributed by atoms with Gasteiger partial charge in [-0.15, -0.1) is 0 Å². The van der Waals surface area contributed by atoms with Crippen LogP contribution in [0.2, 0.25) is 0 Å². The smallest absolute Gasteiger partial charge is 0.242 e. The van der Waals surface area contributed by atoms with E-state index in [9.17, 15) is 9.59 Å². The Kier molecular flexibility index (Phi) is 7.77. The van der Waals surface area contributed by atoms with Crippen molar-refractivity contribution in [2.24, 2.45) is 11.8 Å². The number of carbonyl (C=O) groups excluding carboxylic acids is 2. The van der Waals surface area contributed by atoms with Crippen LogP contribution in [0, 0.1) is 17.2 Å². The second-order valence-corrected chi connectivity index (χ2v) is 7.35. The number of hydrazine groups is 1. The van der Waals surface area contributed by atoms with Crippen LogP contribution >= 0.6 is 0 Å². The lowest BCUT2D eigenvalue weighted by Crippen LogP contribution is -2.53. The molecule has 0 radical (unpaired) electrons. The second kappa shape index (κ2) is 10.0. The van der Waals surface area contributed by atoms with Gasteiger partial charge in [0, 0.05) is 12.6 Å². The summed E-state index contributed by atoms with van der Waals surface area (Å²) in [5, 5.41) is 12.2. The third-order valence-corrected chi connectivity index (χ3v) is 5.02. The first kappa shape index (κ1) is 20.9. The molecule has 1 aromatic carbocycles. The first-order chi connectivity index (χ1) is 13.0. The first-order valence-electron chi connectivity index (χ1n) is 9.45. The number of nitriles is 1. The van der Waals surface area contributed by atoms with Crippen molar-refractivity contribution in [3.63, 3.8) is 0 Å². The molecule has 1 aliphatic heterocycles. The van der Waals surface area contributed by atoms with Crippen molar-refractivity contribution in [3.8, 4) is 6.07 Å². The second-order valence-electron chi connectivity index (χ2n) is 7.35. The summed E-state index contributed by atoms with van der Waals surface area (Å²) in [6, 6.07) is 10.8. The topological polar surface area (TPSA) is 111 Å². The lowest BCUT2D eigenvalue weighted by Gasteiger charge is -2.26. The number of amides is 2. The molecular weight excluding hydrogens is 342 g/mol. The van der Waals surface area contributed by atoms with Crippen molar-refractivity contribution >= 4 is 11.8 Å². The number of likely N-dealkylation sites (tertiary alicyclic amines) is 1. The van der Waals surface area contributed by atoms with E-state index in [-0.39, 0.29) is 30.2 Å². The number of hydrogen-bond acceptors (Lipinski definition) is 5. The van der Waals surface area contributed by atoms with Gasteiger partial charge in [-0.3, -0.25) is 15.4 Å². The summed E-state index contributed by atoms with van der Waals surface area (Å²) in [4.78, 5) is 26.7. The average Bonchev–Trinajstić information content (AvgIpc) is 3.14. The largest absolute Gasteiger partial charge is 0.353 e. The number of benzene rings is 1. The molecule has 1 saturated heterocycles. The lowest BCUT2D eigenvalue weighted by molar-refractivity contribution is -0.136. The number of carbonyl (C=O) groups is 2. The van der Waals surface area contributed by atoms with Gasteiger partial charge in [0.15, 0.2) is 0 Å². The lowest BCUT2D eigenvalue weighted by atomic mass is 9.96. The van der Waals surface area contributed by atoms with E-state index in [1.165, 1.54) is 4.90 Å². The van der Waals surface area contributed by atoms with Gasteiger partial charge >= 0.3 is 0 Å². The van der Waals surface area contributed by atoms with Gasteiger partial charge < -0.3 is 10.2 Å². The van der Waals surface area contributed by atoms with Crippen LogP contribution in [0.4, 0.5) is 0 Å². The van der Waals surface area contributed by atoms with Crippen molar-refractivity contribution in [1.29, 1.82) is 5.26 Å². The van der Waals surface area contributed by atoms with Gasteiger partial charge in [-0.2, -0.15) is 5.26 Å². The molecule has 7 nitrogen and oxygen atoms in total. The van der Waals surface area contributed by atoms with Crippen molar-refractivity contribution in [1.82, 2.24) is 15.6 Å². The Morgan fingerprint density at radius 3 is 2.63 bits per heavy atom. The summed E-state index contributed by atoms with van der Waals surface area (Å²) in [6.07, 6.45) is 2.13. The van der Waals surface area contributed by atoms with Gasteiger partial charge in [0.05, 0.1) is 12.5 Å². The minimum absolute atomic E-state index is 0.0351. The van der Waals surface area contributed by atoms with E-state index in [1.807, 2.05) is 30.3 Å². The third kappa shape index (κ3) is 5.78. The molecule has 2 amide bonds. The SMILES string of the molecule is CC(C)C(Cc1ccccc1)NC(=O)C[C@H](NN)C(=O)N1CCC[C@H]1C#N. The van der Waals surface area contributed by atoms with Gasteiger partial charge in [-0.1, -0.05) is 44.2 Å². The van der Waals surface area contributed by atoms with Crippen LogP contribution in [0.25, 0.3) is 0 Å². The zero-order valence-electron chi connectivity index (χ0n) is 16.0. The predicted molar refractivity (Wildman–Crippen MR) is 103 cm³/mol. The predicted octanol–water partition coefficient (Wildman–Crippen LogP) is 1.11. The summed E-state index contributed by atoms with van der Waals surface area (Å²) >= 11 is 0. The van der Waals surface area contributed by atoms with Gasteiger partial charge in [-0.25, -0.2) is 5.43 Å². The Morgan fingerprint density at radius 1 is 1.33 bits per heavy atom. The number of nitrogens with zero attached hydrogens (tertiary/aromatic N) is 2. The Labute approximate surface area is 160 Å². The van der Waals surface area contributed by atoms with Crippen LogP contribution in [0.1, 0.15) is 38.7 Å². The molecule has 0 spiro atoms. The highest BCUT2D eigenvalue weighted by Gasteiger charge is 2.34. The van der Waals surface area contributed by atoms with Gasteiger partial charge in [-0.05, 0) is 30.7 Å². The number of nitrogens with two attached hydrogens (primary N) is 1. The average molecular weight is 371 g/mol. The molecular formula is C20H29N5O2. The van der Waals surface area contributed by atoms with Gasteiger partial charge in [0.2, 0.25) is 11.8 Å². The molecule has 27 heavy (non-hydrogen) atoms. The summed E-state index contributed by atoms with van der Waals surface area (Å²) < 4.78 is 0. The van der Waals surface area contributed by atoms with Crippen LogP contribution < -0.4 is 16.6 Å². The molecule has 1 aliphatic rings. The molecule has 0 aliphatic carbocycles. The number of rotatable bonds is 8. The van der Waals surface area contributed by atoms with E-state index in [0.29, 0.717) is 13.0 Å². The van der Waals surface area contributed by atoms with E-state index >= 15 is 0 Å². The maximum absolute atomic E-state index is 12.6. The quantitative estimate of drug-likeness (QED) is 0.468. The fourth-order valence-corrected chi connectivity index (χ4v) is 3.35. The fraction of sp³-hybridized carbons (Fsp3) is 0.550. The standard InChI is InChI=1S/C20H29N5O2/c1-14(2)17(11-15-7-4-3-5-8-15)23-19(26)12-18(24-22)20(27)25-10-6-9-16(25)13-21/h3-5,7-8,14,16-18,24H,6,9-12,22H2,1-2H3,(H,23,26)/t16-,17?,18-/m0/s1. The van der Waals surface area contributed by atoms with E-state index in [0.717, 1.165) is 18.4 Å². The minimum atomic E-state index is -0.830. The summed E-state index contributed by atoms with van der Waals surface area (Å²) in [5.41, 5.74) is 3.59. The maximum Gasteiger partial charge on any atom is 0.242 e. The molecule has 7 heteroatoms. The molecule has 146 valence electrons. The van der Waals surface area contributed by atoms with Crippen LogP contribution in [0.5, 0.6) is 0 Å². The molecule has 1 fully saturated rings. The monoisotopic (exact) mass is 371 g/mol. The van der Waals surface area contributed by atoms with Gasteiger partial charge in [0.25, 0.3) is 0 Å². The Bertz CT molecular complexity index is 671. The van der Waals surface area contributed by atoms with Crippen molar-refractivity contribution in [2.75, 3.05) is 6.54 Å². The molecule has 1 aromatic rings. The minimum Gasteiger partial charge on any atom is -0.353 e. The molecule has 0 aromatic heterocycles. The molecule has 4 N–H and O–H groups in total. The van der Waals surface area contributed by atoms with Crippen molar-refractivity contribution in [3.05, 3.63) is 35.9 Å².